The van der Waals surface area contributed by atoms with Crippen molar-refractivity contribution in [3.8, 4) is 0 Å². The van der Waals surface area contributed by atoms with Gasteiger partial charge in [-0.05, 0) is 13.0 Å². The highest BCUT2D eigenvalue weighted by Gasteiger charge is 2.27. The molecule has 0 atom stereocenters. The second-order valence-electron chi connectivity index (χ2n) is 4.46. The van der Waals surface area contributed by atoms with Crippen molar-refractivity contribution >= 4 is 5.97 Å². The molecule has 2 rings (SSSR count). The molecule has 0 saturated carbocycles. The van der Waals surface area contributed by atoms with E-state index < -0.39 is 5.97 Å². The van der Waals surface area contributed by atoms with Crippen LogP contribution in [0.1, 0.15) is 21.9 Å². The normalized spacial score (nSPS) is 16.9. The van der Waals surface area contributed by atoms with Crippen LogP contribution >= 0.6 is 0 Å². The first-order valence-corrected chi connectivity index (χ1v) is 5.65. The number of hydrogen-bond donors (Lipinski definition) is 1. The Bertz CT molecular complexity index is 407. The van der Waals surface area contributed by atoms with Crippen molar-refractivity contribution in [3.63, 3.8) is 0 Å². The van der Waals surface area contributed by atoms with E-state index in [0.717, 1.165) is 24.4 Å². The molecule has 1 aromatic heterocycles. The fourth-order valence-electron chi connectivity index (χ4n) is 2.06. The van der Waals surface area contributed by atoms with Gasteiger partial charge in [-0.2, -0.15) is 0 Å². The quantitative estimate of drug-likeness (QED) is 0.787. The molecule has 0 aromatic carbocycles. The van der Waals surface area contributed by atoms with E-state index >= 15 is 0 Å². The van der Waals surface area contributed by atoms with Crippen molar-refractivity contribution in [2.45, 2.75) is 13.5 Å². The SMILES string of the molecule is COC(=O)c1oc(CN2CC(CO)C2)cc1C. The number of hydrogen-bond acceptors (Lipinski definition) is 5. The fraction of sp³-hybridized carbons (Fsp3) is 0.583. The number of aliphatic hydroxyl groups is 1. The summed E-state index contributed by atoms with van der Waals surface area (Å²) in [6, 6.07) is 1.86. The van der Waals surface area contributed by atoms with Gasteiger partial charge in [-0.3, -0.25) is 4.90 Å². The molecule has 0 aliphatic carbocycles. The zero-order chi connectivity index (χ0) is 12.4. The number of carbonyl (C=O) groups is 1. The summed E-state index contributed by atoms with van der Waals surface area (Å²) >= 11 is 0. The first kappa shape index (κ1) is 12.1. The highest BCUT2D eigenvalue weighted by molar-refractivity contribution is 5.87. The van der Waals surface area contributed by atoms with Crippen LogP contribution in [0, 0.1) is 12.8 Å². The molecular weight excluding hydrogens is 222 g/mol. The Morgan fingerprint density at radius 1 is 1.65 bits per heavy atom. The number of nitrogens with zero attached hydrogens (tertiary/aromatic N) is 1. The zero-order valence-electron chi connectivity index (χ0n) is 10.1. The molecule has 1 saturated heterocycles. The Morgan fingerprint density at radius 2 is 2.35 bits per heavy atom. The molecule has 5 nitrogen and oxygen atoms in total. The monoisotopic (exact) mass is 239 g/mol. The van der Waals surface area contributed by atoms with Gasteiger partial charge in [-0.25, -0.2) is 4.79 Å². The van der Waals surface area contributed by atoms with Crippen molar-refractivity contribution in [2.75, 3.05) is 26.8 Å². The Morgan fingerprint density at radius 3 is 2.94 bits per heavy atom. The molecule has 1 aliphatic heterocycles. The Labute approximate surface area is 100.0 Å². The Hall–Kier alpha value is -1.33. The highest BCUT2D eigenvalue weighted by atomic mass is 16.5. The van der Waals surface area contributed by atoms with Gasteiger partial charge < -0.3 is 14.3 Å². The molecule has 1 aromatic rings. The summed E-state index contributed by atoms with van der Waals surface area (Å²) in [6.45, 7) is 4.49. The summed E-state index contributed by atoms with van der Waals surface area (Å²) in [5.74, 6) is 0.984. The van der Waals surface area contributed by atoms with Crippen molar-refractivity contribution in [1.29, 1.82) is 0 Å². The van der Waals surface area contributed by atoms with Gasteiger partial charge in [0.2, 0.25) is 5.76 Å². The first-order chi connectivity index (χ1) is 8.13. The van der Waals surface area contributed by atoms with E-state index in [1.54, 1.807) is 0 Å². The second-order valence-corrected chi connectivity index (χ2v) is 4.46. The van der Waals surface area contributed by atoms with Gasteiger partial charge in [-0.15, -0.1) is 0 Å². The third-order valence-corrected chi connectivity index (χ3v) is 3.01. The molecule has 1 fully saturated rings. The third-order valence-electron chi connectivity index (χ3n) is 3.01. The van der Waals surface area contributed by atoms with Crippen LogP contribution in [0.25, 0.3) is 0 Å². The minimum absolute atomic E-state index is 0.237. The van der Waals surface area contributed by atoms with Gasteiger partial charge in [0.15, 0.2) is 0 Å². The summed E-state index contributed by atoms with van der Waals surface area (Å²) in [5, 5.41) is 8.91. The van der Waals surface area contributed by atoms with Gasteiger partial charge in [0.1, 0.15) is 5.76 Å². The van der Waals surface area contributed by atoms with Crippen LogP contribution in [-0.2, 0) is 11.3 Å². The van der Waals surface area contributed by atoms with E-state index in [1.807, 2.05) is 13.0 Å². The lowest BCUT2D eigenvalue weighted by atomic mass is 10.0. The average Bonchev–Trinajstić information content (AvgIpc) is 2.63. The van der Waals surface area contributed by atoms with E-state index in [4.69, 9.17) is 9.52 Å². The number of furan rings is 1. The molecule has 5 heteroatoms. The van der Waals surface area contributed by atoms with E-state index in [2.05, 4.69) is 9.64 Å². The topological polar surface area (TPSA) is 62.9 Å². The van der Waals surface area contributed by atoms with Gasteiger partial charge in [0.25, 0.3) is 0 Å². The maximum absolute atomic E-state index is 11.4. The Kier molecular flexibility index (Phi) is 3.49. The molecule has 94 valence electrons. The van der Waals surface area contributed by atoms with Crippen LogP contribution < -0.4 is 0 Å². The molecule has 2 heterocycles. The van der Waals surface area contributed by atoms with Crippen molar-refractivity contribution in [3.05, 3.63) is 23.2 Å². The standard InChI is InChI=1S/C12H17NO4/c1-8-3-10(17-11(8)12(15)16-2)6-13-4-9(5-13)7-14/h3,9,14H,4-7H2,1-2H3. The fourth-order valence-corrected chi connectivity index (χ4v) is 2.06. The predicted molar refractivity (Wildman–Crippen MR) is 60.6 cm³/mol. The molecule has 0 spiro atoms. The maximum Gasteiger partial charge on any atom is 0.374 e. The highest BCUT2D eigenvalue weighted by Crippen LogP contribution is 2.21. The molecule has 0 radical (unpaired) electrons. The van der Waals surface area contributed by atoms with Crippen molar-refractivity contribution in [2.24, 2.45) is 5.92 Å². The van der Waals surface area contributed by atoms with Crippen molar-refractivity contribution in [1.82, 2.24) is 4.90 Å². The number of rotatable bonds is 4. The summed E-state index contributed by atoms with van der Waals surface area (Å²) in [7, 11) is 1.34. The molecule has 1 N–H and O–H groups in total. The number of esters is 1. The van der Waals surface area contributed by atoms with Crippen molar-refractivity contribution < 1.29 is 19.1 Å². The van der Waals surface area contributed by atoms with Gasteiger partial charge in [-0.1, -0.05) is 0 Å². The number of carbonyl (C=O) groups excluding carboxylic acids is 1. The smallest absolute Gasteiger partial charge is 0.374 e. The molecular formula is C12H17NO4. The minimum atomic E-state index is -0.439. The number of aryl methyl sites for hydroxylation is 1. The second kappa shape index (κ2) is 4.89. The van der Waals surface area contributed by atoms with Crippen LogP contribution in [0.2, 0.25) is 0 Å². The number of likely N-dealkylation sites (tertiary alicyclic amines) is 1. The molecule has 0 amide bonds. The molecule has 0 unspecified atom stereocenters. The summed E-state index contributed by atoms with van der Waals surface area (Å²) in [4.78, 5) is 13.5. The van der Waals surface area contributed by atoms with Gasteiger partial charge >= 0.3 is 5.97 Å². The summed E-state index contributed by atoms with van der Waals surface area (Å²) in [6.07, 6.45) is 0. The third kappa shape index (κ3) is 2.50. The van der Waals surface area contributed by atoms with E-state index in [0.29, 0.717) is 12.5 Å². The van der Waals surface area contributed by atoms with E-state index in [-0.39, 0.29) is 12.4 Å². The van der Waals surface area contributed by atoms with E-state index in [9.17, 15) is 4.79 Å². The van der Waals surface area contributed by atoms with Crippen LogP contribution in [-0.4, -0.2) is 42.8 Å². The Balaban J connectivity index is 1.96. The lowest BCUT2D eigenvalue weighted by Crippen LogP contribution is -2.47. The van der Waals surface area contributed by atoms with Crippen LogP contribution in [0.4, 0.5) is 0 Å². The predicted octanol–water partition coefficient (Wildman–Crippen LogP) is 0.799. The zero-order valence-corrected chi connectivity index (χ0v) is 10.1. The maximum atomic E-state index is 11.4. The van der Waals surface area contributed by atoms with Crippen LogP contribution in [0.15, 0.2) is 10.5 Å². The van der Waals surface area contributed by atoms with Gasteiger partial charge in [0, 0.05) is 31.2 Å². The largest absolute Gasteiger partial charge is 0.463 e. The summed E-state index contributed by atoms with van der Waals surface area (Å²) in [5.41, 5.74) is 0.797. The van der Waals surface area contributed by atoms with Gasteiger partial charge in [0.05, 0.1) is 13.7 Å². The summed E-state index contributed by atoms with van der Waals surface area (Å²) < 4.78 is 10.1. The molecule has 1 aliphatic rings. The molecule has 17 heavy (non-hydrogen) atoms. The van der Waals surface area contributed by atoms with Crippen LogP contribution in [0.5, 0.6) is 0 Å². The minimum Gasteiger partial charge on any atom is -0.463 e. The average molecular weight is 239 g/mol. The van der Waals surface area contributed by atoms with E-state index in [1.165, 1.54) is 7.11 Å². The number of ether oxygens (including phenoxy) is 1. The van der Waals surface area contributed by atoms with Crippen LogP contribution in [0.3, 0.4) is 0 Å². The molecule has 0 bridgehead atoms. The lowest BCUT2D eigenvalue weighted by molar-refractivity contribution is 0.0413. The lowest BCUT2D eigenvalue weighted by Gasteiger charge is -2.37. The number of methoxy groups -OCH3 is 1. The number of aliphatic hydroxyl groups excluding tert-OH is 1. The first-order valence-electron chi connectivity index (χ1n) is 5.65.